The van der Waals surface area contributed by atoms with Crippen molar-refractivity contribution in [3.63, 3.8) is 0 Å². The largest absolute Gasteiger partial charge is 0.367 e. The molecule has 0 radical (unpaired) electrons. The summed E-state index contributed by atoms with van der Waals surface area (Å²) in [4.78, 5) is 12.3. The zero-order chi connectivity index (χ0) is 14.5. The van der Waals surface area contributed by atoms with Crippen molar-refractivity contribution in [3.8, 4) is 0 Å². The number of non-ortho nitro benzene ring substituents is 1. The van der Waals surface area contributed by atoms with Gasteiger partial charge in [0.1, 0.15) is 5.82 Å². The lowest BCUT2D eigenvalue weighted by Gasteiger charge is -2.23. The molecule has 5 heteroatoms. The van der Waals surface area contributed by atoms with Crippen molar-refractivity contribution in [2.45, 2.75) is 13.5 Å². The van der Waals surface area contributed by atoms with Crippen molar-refractivity contribution in [3.05, 3.63) is 70.0 Å². The van der Waals surface area contributed by atoms with E-state index in [1.807, 2.05) is 24.0 Å². The van der Waals surface area contributed by atoms with Gasteiger partial charge in [-0.1, -0.05) is 18.2 Å². The molecule has 0 spiro atoms. The molecule has 2 aromatic rings. The molecule has 2 rings (SSSR count). The van der Waals surface area contributed by atoms with Crippen LogP contribution in [0.2, 0.25) is 0 Å². The molecule has 0 aromatic heterocycles. The van der Waals surface area contributed by atoms with Crippen LogP contribution in [0.4, 0.5) is 15.8 Å². The average molecular weight is 274 g/mol. The third-order valence-corrected chi connectivity index (χ3v) is 3.05. The quantitative estimate of drug-likeness (QED) is 0.616. The fourth-order valence-corrected chi connectivity index (χ4v) is 2.05. The van der Waals surface area contributed by atoms with Crippen LogP contribution in [0.3, 0.4) is 0 Å². The number of nitrogens with zero attached hydrogens (tertiary/aromatic N) is 2. The minimum Gasteiger partial charge on any atom is -0.367 e. The molecule has 20 heavy (non-hydrogen) atoms. The second-order valence-electron chi connectivity index (χ2n) is 4.42. The smallest absolute Gasteiger partial charge is 0.269 e. The Morgan fingerprint density at radius 2 is 1.95 bits per heavy atom. The first-order valence-electron chi connectivity index (χ1n) is 6.34. The fourth-order valence-electron chi connectivity index (χ4n) is 2.05. The predicted octanol–water partition coefficient (Wildman–Crippen LogP) is 3.76. The van der Waals surface area contributed by atoms with Crippen molar-refractivity contribution in [1.82, 2.24) is 0 Å². The first-order valence-corrected chi connectivity index (χ1v) is 6.34. The van der Waals surface area contributed by atoms with Gasteiger partial charge in [0.15, 0.2) is 0 Å². The van der Waals surface area contributed by atoms with Gasteiger partial charge in [-0.15, -0.1) is 0 Å². The molecule has 0 aliphatic carbocycles. The van der Waals surface area contributed by atoms with Gasteiger partial charge in [0.25, 0.3) is 5.69 Å². The third kappa shape index (κ3) is 3.32. The van der Waals surface area contributed by atoms with Crippen molar-refractivity contribution in [2.24, 2.45) is 0 Å². The number of hydrogen-bond acceptors (Lipinski definition) is 3. The monoisotopic (exact) mass is 274 g/mol. The van der Waals surface area contributed by atoms with Gasteiger partial charge in [-0.05, 0) is 30.7 Å². The molecule has 0 saturated carbocycles. The van der Waals surface area contributed by atoms with E-state index in [0.717, 1.165) is 11.3 Å². The minimum atomic E-state index is -0.415. The fraction of sp³-hybridized carbons (Fsp3) is 0.200. The maximum absolute atomic E-state index is 13.3. The van der Waals surface area contributed by atoms with Crippen LogP contribution >= 0.6 is 0 Å². The molecule has 0 fully saturated rings. The number of nitro benzene ring substituents is 1. The first-order chi connectivity index (χ1) is 9.60. The normalized spacial score (nSPS) is 10.3. The Balaban J connectivity index is 2.22. The second-order valence-corrected chi connectivity index (χ2v) is 4.42. The van der Waals surface area contributed by atoms with E-state index in [4.69, 9.17) is 0 Å². The van der Waals surface area contributed by atoms with E-state index in [1.54, 1.807) is 18.2 Å². The molecule has 0 N–H and O–H groups in total. The number of hydrogen-bond donors (Lipinski definition) is 0. The SMILES string of the molecule is CCN(Cc1cccc([N+](=O)[O-])c1)c1cccc(F)c1. The predicted molar refractivity (Wildman–Crippen MR) is 76.2 cm³/mol. The standard InChI is InChI=1S/C15H15FN2O2/c1-2-17(14-7-4-6-13(16)10-14)11-12-5-3-8-15(9-12)18(19)20/h3-10H,2,11H2,1H3. The summed E-state index contributed by atoms with van der Waals surface area (Å²) in [5, 5.41) is 10.8. The molecule has 0 aliphatic rings. The molecule has 2 aromatic carbocycles. The Bertz CT molecular complexity index is 616. The van der Waals surface area contributed by atoms with Gasteiger partial charge in [0, 0.05) is 30.9 Å². The summed E-state index contributed by atoms with van der Waals surface area (Å²) in [6, 6.07) is 12.8. The molecule has 0 amide bonds. The Morgan fingerprint density at radius 3 is 2.60 bits per heavy atom. The summed E-state index contributed by atoms with van der Waals surface area (Å²) < 4.78 is 13.3. The zero-order valence-corrected chi connectivity index (χ0v) is 11.1. The Kier molecular flexibility index (Phi) is 4.30. The highest BCUT2D eigenvalue weighted by molar-refractivity contribution is 5.47. The van der Waals surface area contributed by atoms with E-state index in [2.05, 4.69) is 0 Å². The van der Waals surface area contributed by atoms with Crippen LogP contribution in [0, 0.1) is 15.9 Å². The summed E-state index contributed by atoms with van der Waals surface area (Å²) in [6.07, 6.45) is 0. The van der Waals surface area contributed by atoms with E-state index < -0.39 is 4.92 Å². The number of anilines is 1. The molecule has 0 bridgehead atoms. The summed E-state index contributed by atoms with van der Waals surface area (Å²) >= 11 is 0. The van der Waals surface area contributed by atoms with Crippen molar-refractivity contribution in [2.75, 3.05) is 11.4 Å². The van der Waals surface area contributed by atoms with Crippen molar-refractivity contribution >= 4 is 11.4 Å². The summed E-state index contributed by atoms with van der Waals surface area (Å²) in [6.45, 7) is 3.15. The Morgan fingerprint density at radius 1 is 1.20 bits per heavy atom. The lowest BCUT2D eigenvalue weighted by molar-refractivity contribution is -0.384. The molecule has 0 unspecified atom stereocenters. The molecule has 0 saturated heterocycles. The van der Waals surface area contributed by atoms with Crippen LogP contribution in [-0.4, -0.2) is 11.5 Å². The molecule has 4 nitrogen and oxygen atoms in total. The highest BCUT2D eigenvalue weighted by atomic mass is 19.1. The summed E-state index contributed by atoms with van der Waals surface area (Å²) in [5.74, 6) is -0.292. The van der Waals surface area contributed by atoms with Gasteiger partial charge in [0.2, 0.25) is 0 Å². The number of benzene rings is 2. The molecular weight excluding hydrogens is 259 g/mol. The lowest BCUT2D eigenvalue weighted by atomic mass is 10.1. The van der Waals surface area contributed by atoms with Gasteiger partial charge in [-0.3, -0.25) is 10.1 Å². The topological polar surface area (TPSA) is 46.4 Å². The van der Waals surface area contributed by atoms with Crippen LogP contribution in [0.1, 0.15) is 12.5 Å². The molecule has 0 atom stereocenters. The number of nitro groups is 1. The number of halogens is 1. The van der Waals surface area contributed by atoms with Gasteiger partial charge in [0.05, 0.1) is 4.92 Å². The van der Waals surface area contributed by atoms with Gasteiger partial charge >= 0.3 is 0 Å². The van der Waals surface area contributed by atoms with E-state index in [1.165, 1.54) is 18.2 Å². The maximum Gasteiger partial charge on any atom is 0.269 e. The third-order valence-electron chi connectivity index (χ3n) is 3.05. The second kappa shape index (κ2) is 6.14. The Labute approximate surface area is 116 Å². The van der Waals surface area contributed by atoms with E-state index in [9.17, 15) is 14.5 Å². The van der Waals surface area contributed by atoms with Gasteiger partial charge in [-0.2, -0.15) is 0 Å². The lowest BCUT2D eigenvalue weighted by Crippen LogP contribution is -2.22. The number of rotatable bonds is 5. The van der Waals surface area contributed by atoms with Gasteiger partial charge < -0.3 is 4.90 Å². The van der Waals surface area contributed by atoms with E-state index >= 15 is 0 Å². The molecular formula is C15H15FN2O2. The van der Waals surface area contributed by atoms with E-state index in [-0.39, 0.29) is 11.5 Å². The van der Waals surface area contributed by atoms with Crippen molar-refractivity contribution < 1.29 is 9.31 Å². The van der Waals surface area contributed by atoms with Crippen LogP contribution in [-0.2, 0) is 6.54 Å². The van der Waals surface area contributed by atoms with Crippen LogP contribution in [0.25, 0.3) is 0 Å². The highest BCUT2D eigenvalue weighted by Crippen LogP contribution is 2.20. The average Bonchev–Trinajstić information content (AvgIpc) is 2.45. The van der Waals surface area contributed by atoms with Crippen molar-refractivity contribution in [1.29, 1.82) is 0 Å². The minimum absolute atomic E-state index is 0.0674. The Hall–Kier alpha value is -2.43. The first kappa shape index (κ1) is 14.0. The zero-order valence-electron chi connectivity index (χ0n) is 11.1. The summed E-state index contributed by atoms with van der Waals surface area (Å²) in [7, 11) is 0. The molecule has 104 valence electrons. The maximum atomic E-state index is 13.3. The van der Waals surface area contributed by atoms with E-state index in [0.29, 0.717) is 13.1 Å². The molecule has 0 heterocycles. The van der Waals surface area contributed by atoms with Gasteiger partial charge in [-0.25, -0.2) is 4.39 Å². The van der Waals surface area contributed by atoms with Crippen LogP contribution < -0.4 is 4.90 Å². The molecule has 0 aliphatic heterocycles. The van der Waals surface area contributed by atoms with Crippen LogP contribution in [0.15, 0.2) is 48.5 Å². The summed E-state index contributed by atoms with van der Waals surface area (Å²) in [5.41, 5.74) is 1.65. The highest BCUT2D eigenvalue weighted by Gasteiger charge is 2.10. The van der Waals surface area contributed by atoms with Crippen LogP contribution in [0.5, 0.6) is 0 Å².